The number of imidazole rings is 1. The van der Waals surface area contributed by atoms with Crippen LogP contribution in [0.15, 0.2) is 17.8 Å². The van der Waals surface area contributed by atoms with Crippen LogP contribution in [0.4, 0.5) is 4.79 Å². The van der Waals surface area contributed by atoms with Crippen LogP contribution in [0.2, 0.25) is 0 Å². The molecule has 2 aromatic rings. The molecule has 0 atom stereocenters. The molecule has 0 saturated carbocycles. The van der Waals surface area contributed by atoms with E-state index < -0.39 is 0 Å². The largest absolute Gasteiger partial charge is 0.378 e. The van der Waals surface area contributed by atoms with Crippen molar-refractivity contribution in [3.63, 3.8) is 0 Å². The number of ether oxygens (including phenoxy) is 1. The van der Waals surface area contributed by atoms with Gasteiger partial charge in [0.15, 0.2) is 4.96 Å². The Balaban J connectivity index is 1.57. The minimum Gasteiger partial charge on any atom is -0.378 e. The molecule has 1 aliphatic heterocycles. The first-order valence-corrected chi connectivity index (χ1v) is 6.72. The van der Waals surface area contributed by atoms with E-state index in [0.29, 0.717) is 32.8 Å². The van der Waals surface area contributed by atoms with Crippen molar-refractivity contribution in [1.82, 2.24) is 19.6 Å². The number of carbonyl (C=O) groups excluding carboxylic acids is 1. The molecule has 0 unspecified atom stereocenters. The number of rotatable bonds is 2. The third-order valence-corrected chi connectivity index (χ3v) is 3.63. The molecule has 7 heteroatoms. The molecule has 2 amide bonds. The van der Waals surface area contributed by atoms with Crippen molar-refractivity contribution in [3.05, 3.63) is 23.5 Å². The van der Waals surface area contributed by atoms with Crippen LogP contribution in [0, 0.1) is 0 Å². The second-order valence-corrected chi connectivity index (χ2v) is 4.96. The molecule has 1 aliphatic rings. The minimum absolute atomic E-state index is 0.0466. The molecule has 0 aliphatic carbocycles. The van der Waals surface area contributed by atoms with Gasteiger partial charge in [0, 0.05) is 30.9 Å². The lowest BCUT2D eigenvalue weighted by Crippen LogP contribution is -2.45. The van der Waals surface area contributed by atoms with Crippen LogP contribution in [0.3, 0.4) is 0 Å². The molecule has 3 heterocycles. The number of hydrogen-bond donors (Lipinski definition) is 1. The van der Waals surface area contributed by atoms with Gasteiger partial charge in [0.25, 0.3) is 0 Å². The summed E-state index contributed by atoms with van der Waals surface area (Å²) in [6.45, 7) is 3.01. The quantitative estimate of drug-likeness (QED) is 0.880. The predicted octanol–water partition coefficient (Wildman–Crippen LogP) is 0.938. The summed E-state index contributed by atoms with van der Waals surface area (Å²) in [5.74, 6) is 0. The van der Waals surface area contributed by atoms with Crippen molar-refractivity contribution in [2.24, 2.45) is 0 Å². The maximum atomic E-state index is 11.9. The van der Waals surface area contributed by atoms with Gasteiger partial charge in [0.1, 0.15) is 0 Å². The summed E-state index contributed by atoms with van der Waals surface area (Å²) in [4.78, 5) is 19.0. The summed E-state index contributed by atoms with van der Waals surface area (Å²) in [5.41, 5.74) is 0.878. The van der Waals surface area contributed by atoms with Crippen molar-refractivity contribution >= 4 is 22.3 Å². The zero-order valence-corrected chi connectivity index (χ0v) is 10.7. The topological polar surface area (TPSA) is 58.9 Å². The van der Waals surface area contributed by atoms with Crippen LogP contribution in [0.1, 0.15) is 5.69 Å². The van der Waals surface area contributed by atoms with Crippen LogP contribution in [0.5, 0.6) is 0 Å². The third kappa shape index (κ3) is 2.32. The Hall–Kier alpha value is -1.60. The van der Waals surface area contributed by atoms with Gasteiger partial charge >= 0.3 is 6.03 Å². The molecule has 2 aromatic heterocycles. The van der Waals surface area contributed by atoms with E-state index in [9.17, 15) is 4.79 Å². The Kier molecular flexibility index (Phi) is 3.16. The van der Waals surface area contributed by atoms with Gasteiger partial charge in [-0.25, -0.2) is 9.78 Å². The van der Waals surface area contributed by atoms with E-state index >= 15 is 0 Å². The van der Waals surface area contributed by atoms with E-state index in [4.69, 9.17) is 4.74 Å². The predicted molar refractivity (Wildman–Crippen MR) is 67.7 cm³/mol. The molecule has 1 N–H and O–H groups in total. The Morgan fingerprint density at radius 3 is 3.11 bits per heavy atom. The molecule has 3 rings (SSSR count). The first-order chi connectivity index (χ1) is 8.83. The maximum Gasteiger partial charge on any atom is 0.317 e. The number of urea groups is 1. The monoisotopic (exact) mass is 266 g/mol. The number of thiazole rings is 1. The van der Waals surface area contributed by atoms with E-state index in [1.165, 1.54) is 0 Å². The molecule has 0 aromatic carbocycles. The lowest BCUT2D eigenvalue weighted by Gasteiger charge is -2.26. The molecule has 0 bridgehead atoms. The standard InChI is InChI=1S/C11H14N4O2S/c16-10(14-1-4-17-5-2-14)12-7-9-8-15-3-6-18-11(15)13-9/h3,6,8H,1-2,4-5,7H2,(H,12,16). The summed E-state index contributed by atoms with van der Waals surface area (Å²) in [6, 6.07) is -0.0466. The molecule has 6 nitrogen and oxygen atoms in total. The second-order valence-electron chi connectivity index (χ2n) is 4.08. The Labute approximate surface area is 108 Å². The van der Waals surface area contributed by atoms with Gasteiger partial charge in [-0.1, -0.05) is 0 Å². The first-order valence-electron chi connectivity index (χ1n) is 5.84. The normalized spacial score (nSPS) is 16.1. The van der Waals surface area contributed by atoms with Crippen LogP contribution in [-0.2, 0) is 11.3 Å². The molecule has 1 saturated heterocycles. The van der Waals surface area contributed by atoms with Crippen molar-refractivity contribution in [2.45, 2.75) is 6.54 Å². The number of amides is 2. The van der Waals surface area contributed by atoms with E-state index in [-0.39, 0.29) is 6.03 Å². The van der Waals surface area contributed by atoms with Crippen LogP contribution >= 0.6 is 11.3 Å². The zero-order chi connectivity index (χ0) is 12.4. The van der Waals surface area contributed by atoms with Crippen LogP contribution in [-0.4, -0.2) is 46.6 Å². The van der Waals surface area contributed by atoms with Gasteiger partial charge in [-0.05, 0) is 0 Å². The summed E-state index contributed by atoms with van der Waals surface area (Å²) in [5, 5.41) is 4.86. The minimum atomic E-state index is -0.0466. The molecular weight excluding hydrogens is 252 g/mol. The van der Waals surface area contributed by atoms with E-state index in [1.54, 1.807) is 16.2 Å². The van der Waals surface area contributed by atoms with Gasteiger partial charge in [0.2, 0.25) is 0 Å². The highest BCUT2D eigenvalue weighted by atomic mass is 32.1. The number of carbonyl (C=O) groups is 1. The highest BCUT2D eigenvalue weighted by molar-refractivity contribution is 7.15. The number of aromatic nitrogens is 2. The first kappa shape index (κ1) is 11.5. The van der Waals surface area contributed by atoms with Crippen LogP contribution < -0.4 is 5.32 Å². The zero-order valence-electron chi connectivity index (χ0n) is 9.83. The highest BCUT2D eigenvalue weighted by Crippen LogP contribution is 2.11. The van der Waals surface area contributed by atoms with Crippen LogP contribution in [0.25, 0.3) is 4.96 Å². The van der Waals surface area contributed by atoms with Gasteiger partial charge in [-0.3, -0.25) is 4.40 Å². The maximum absolute atomic E-state index is 11.9. The number of fused-ring (bicyclic) bond motifs is 1. The second kappa shape index (κ2) is 4.95. The van der Waals surface area contributed by atoms with E-state index in [2.05, 4.69) is 10.3 Å². The van der Waals surface area contributed by atoms with E-state index in [1.807, 2.05) is 22.2 Å². The average Bonchev–Trinajstić information content (AvgIpc) is 2.97. The van der Waals surface area contributed by atoms with E-state index in [0.717, 1.165) is 10.7 Å². The molecule has 18 heavy (non-hydrogen) atoms. The highest BCUT2D eigenvalue weighted by Gasteiger charge is 2.16. The molecule has 1 fully saturated rings. The fraction of sp³-hybridized carbons (Fsp3) is 0.455. The number of nitrogens with one attached hydrogen (secondary N) is 1. The fourth-order valence-electron chi connectivity index (χ4n) is 1.91. The fourth-order valence-corrected chi connectivity index (χ4v) is 2.62. The third-order valence-electron chi connectivity index (χ3n) is 2.86. The molecular formula is C11H14N4O2S. The lowest BCUT2D eigenvalue weighted by molar-refractivity contribution is 0.0531. The molecule has 0 radical (unpaired) electrons. The van der Waals surface area contributed by atoms with Gasteiger partial charge < -0.3 is 15.0 Å². The average molecular weight is 266 g/mol. The Bertz CT molecular complexity index is 515. The van der Waals surface area contributed by atoms with Gasteiger partial charge in [0.05, 0.1) is 25.5 Å². The Morgan fingerprint density at radius 1 is 1.50 bits per heavy atom. The van der Waals surface area contributed by atoms with Gasteiger partial charge in [-0.2, -0.15) is 0 Å². The SMILES string of the molecule is O=C(NCc1cn2ccsc2n1)N1CCOCC1. The summed E-state index contributed by atoms with van der Waals surface area (Å²) < 4.78 is 7.17. The number of hydrogen-bond acceptors (Lipinski definition) is 4. The van der Waals surface area contributed by atoms with Gasteiger partial charge in [-0.15, -0.1) is 11.3 Å². The lowest BCUT2D eigenvalue weighted by atomic mass is 10.4. The summed E-state index contributed by atoms with van der Waals surface area (Å²) in [7, 11) is 0. The smallest absolute Gasteiger partial charge is 0.317 e. The summed E-state index contributed by atoms with van der Waals surface area (Å²) in [6.07, 6.45) is 3.89. The Morgan fingerprint density at radius 2 is 2.33 bits per heavy atom. The number of nitrogens with zero attached hydrogens (tertiary/aromatic N) is 3. The summed E-state index contributed by atoms with van der Waals surface area (Å²) >= 11 is 1.58. The molecule has 96 valence electrons. The van der Waals surface area contributed by atoms with Crippen molar-refractivity contribution < 1.29 is 9.53 Å². The van der Waals surface area contributed by atoms with Crippen molar-refractivity contribution in [1.29, 1.82) is 0 Å². The molecule has 0 spiro atoms. The number of morpholine rings is 1. The van der Waals surface area contributed by atoms with Crippen molar-refractivity contribution in [3.8, 4) is 0 Å². The van der Waals surface area contributed by atoms with Crippen molar-refractivity contribution in [2.75, 3.05) is 26.3 Å².